The summed E-state index contributed by atoms with van der Waals surface area (Å²) in [5.74, 6) is 1.05. The van der Waals surface area contributed by atoms with Crippen molar-refractivity contribution in [2.24, 2.45) is 0 Å². The van der Waals surface area contributed by atoms with Crippen molar-refractivity contribution < 1.29 is 14.3 Å². The van der Waals surface area contributed by atoms with Crippen molar-refractivity contribution in [2.45, 2.75) is 25.8 Å². The number of hydrogen-bond acceptors (Lipinski definition) is 3. The van der Waals surface area contributed by atoms with Gasteiger partial charge in [-0.25, -0.2) is 0 Å². The van der Waals surface area contributed by atoms with Gasteiger partial charge in [0.15, 0.2) is 11.5 Å². The first kappa shape index (κ1) is 15.4. The minimum absolute atomic E-state index is 0.119. The molecule has 3 rings (SSSR count). The van der Waals surface area contributed by atoms with Crippen molar-refractivity contribution in [3.05, 3.63) is 58.7 Å². The maximum Gasteiger partial charge on any atom is 0.251 e. The predicted molar refractivity (Wildman–Crippen MR) is 89.2 cm³/mol. The summed E-state index contributed by atoms with van der Waals surface area (Å²) < 4.78 is 10.4. The third-order valence-corrected chi connectivity index (χ3v) is 4.26. The van der Waals surface area contributed by atoms with Gasteiger partial charge in [0.05, 0.1) is 14.2 Å². The molecule has 0 bridgehead atoms. The zero-order valence-corrected chi connectivity index (χ0v) is 13.5. The lowest BCUT2D eigenvalue weighted by Crippen LogP contribution is -2.22. The summed E-state index contributed by atoms with van der Waals surface area (Å²) in [7, 11) is 3.13. The quantitative estimate of drug-likeness (QED) is 0.923. The second kappa shape index (κ2) is 6.73. The van der Waals surface area contributed by atoms with Gasteiger partial charge in [-0.2, -0.15) is 0 Å². The standard InChI is InChI=1S/C19H21NO3/c1-22-17-9-8-16(11-18(17)23-2)19(21)20-12-13-6-7-14-4-3-5-15(14)10-13/h6-11H,3-5,12H2,1-2H3,(H,20,21). The zero-order chi connectivity index (χ0) is 16.2. The van der Waals surface area contributed by atoms with E-state index in [1.165, 1.54) is 24.0 Å². The molecule has 1 N–H and O–H groups in total. The van der Waals surface area contributed by atoms with Crippen LogP contribution in [-0.4, -0.2) is 20.1 Å². The Hall–Kier alpha value is -2.49. The van der Waals surface area contributed by atoms with E-state index in [2.05, 4.69) is 23.5 Å². The van der Waals surface area contributed by atoms with E-state index in [0.717, 1.165) is 12.0 Å². The number of benzene rings is 2. The molecule has 2 aromatic carbocycles. The normalized spacial score (nSPS) is 12.6. The van der Waals surface area contributed by atoms with E-state index in [-0.39, 0.29) is 5.91 Å². The molecule has 0 saturated carbocycles. The van der Waals surface area contributed by atoms with Gasteiger partial charge in [-0.15, -0.1) is 0 Å². The number of nitrogens with one attached hydrogen (secondary N) is 1. The summed E-state index contributed by atoms with van der Waals surface area (Å²) in [6, 6.07) is 11.6. The lowest BCUT2D eigenvalue weighted by molar-refractivity contribution is 0.0950. The second-order valence-electron chi connectivity index (χ2n) is 5.71. The molecule has 1 amide bonds. The second-order valence-corrected chi connectivity index (χ2v) is 5.71. The average molecular weight is 311 g/mol. The van der Waals surface area contributed by atoms with Crippen LogP contribution < -0.4 is 14.8 Å². The van der Waals surface area contributed by atoms with E-state index >= 15 is 0 Å². The van der Waals surface area contributed by atoms with Crippen LogP contribution in [0.15, 0.2) is 36.4 Å². The molecule has 4 heteroatoms. The molecule has 0 heterocycles. The fourth-order valence-electron chi connectivity index (χ4n) is 3.00. The minimum atomic E-state index is -0.119. The van der Waals surface area contributed by atoms with Crippen molar-refractivity contribution >= 4 is 5.91 Å². The molecule has 0 aromatic heterocycles. The van der Waals surface area contributed by atoms with Crippen molar-refractivity contribution in [1.82, 2.24) is 5.32 Å². The van der Waals surface area contributed by atoms with Gasteiger partial charge in [-0.3, -0.25) is 4.79 Å². The van der Waals surface area contributed by atoms with Crippen LogP contribution in [0.25, 0.3) is 0 Å². The number of rotatable bonds is 5. The summed E-state index contributed by atoms with van der Waals surface area (Å²) in [6.07, 6.45) is 3.55. The maximum absolute atomic E-state index is 12.3. The molecule has 0 saturated heterocycles. The molecule has 120 valence electrons. The van der Waals surface area contributed by atoms with Gasteiger partial charge in [-0.05, 0) is 54.2 Å². The molecule has 2 aromatic rings. The molecular formula is C19H21NO3. The summed E-state index contributed by atoms with van der Waals surface area (Å²) in [6.45, 7) is 0.528. The lowest BCUT2D eigenvalue weighted by Gasteiger charge is -2.10. The van der Waals surface area contributed by atoms with Crippen LogP contribution in [0.2, 0.25) is 0 Å². The lowest BCUT2D eigenvalue weighted by atomic mass is 10.1. The number of aryl methyl sites for hydroxylation is 2. The first-order valence-electron chi connectivity index (χ1n) is 7.82. The number of methoxy groups -OCH3 is 2. The molecule has 0 fully saturated rings. The van der Waals surface area contributed by atoms with Crippen LogP contribution in [0.1, 0.15) is 33.5 Å². The van der Waals surface area contributed by atoms with Crippen LogP contribution in [-0.2, 0) is 19.4 Å². The highest BCUT2D eigenvalue weighted by atomic mass is 16.5. The number of carbonyl (C=O) groups excluding carboxylic acids is 1. The van der Waals surface area contributed by atoms with Gasteiger partial charge in [-0.1, -0.05) is 18.2 Å². The van der Waals surface area contributed by atoms with E-state index in [1.54, 1.807) is 32.4 Å². The predicted octanol–water partition coefficient (Wildman–Crippen LogP) is 3.12. The first-order valence-corrected chi connectivity index (χ1v) is 7.82. The third-order valence-electron chi connectivity index (χ3n) is 4.26. The smallest absolute Gasteiger partial charge is 0.251 e. The van der Waals surface area contributed by atoms with Gasteiger partial charge in [0, 0.05) is 12.1 Å². The van der Waals surface area contributed by atoms with E-state index in [9.17, 15) is 4.79 Å². The van der Waals surface area contributed by atoms with Crippen molar-refractivity contribution in [1.29, 1.82) is 0 Å². The fourth-order valence-corrected chi connectivity index (χ4v) is 3.00. The number of hydrogen-bond donors (Lipinski definition) is 1. The van der Waals surface area contributed by atoms with Gasteiger partial charge >= 0.3 is 0 Å². The molecule has 4 nitrogen and oxygen atoms in total. The molecule has 0 unspecified atom stereocenters. The van der Waals surface area contributed by atoms with Crippen LogP contribution in [0, 0.1) is 0 Å². The SMILES string of the molecule is COc1ccc(C(=O)NCc2ccc3c(c2)CCC3)cc1OC. The van der Waals surface area contributed by atoms with Gasteiger partial charge in [0.25, 0.3) is 5.91 Å². The highest BCUT2D eigenvalue weighted by molar-refractivity contribution is 5.94. The maximum atomic E-state index is 12.3. The molecule has 1 aliphatic rings. The topological polar surface area (TPSA) is 47.6 Å². The molecule has 1 aliphatic carbocycles. The fraction of sp³-hybridized carbons (Fsp3) is 0.316. The Labute approximate surface area is 136 Å². The average Bonchev–Trinajstić information content (AvgIpc) is 3.06. The zero-order valence-electron chi connectivity index (χ0n) is 13.5. The van der Waals surface area contributed by atoms with E-state index < -0.39 is 0 Å². The molecule has 0 atom stereocenters. The van der Waals surface area contributed by atoms with Gasteiger partial charge in [0.2, 0.25) is 0 Å². The summed E-state index contributed by atoms with van der Waals surface area (Å²) in [5, 5.41) is 2.96. The van der Waals surface area contributed by atoms with Crippen LogP contribution in [0.4, 0.5) is 0 Å². The molecule has 0 aliphatic heterocycles. The van der Waals surface area contributed by atoms with Gasteiger partial charge in [0.1, 0.15) is 0 Å². The molecule has 23 heavy (non-hydrogen) atoms. The third kappa shape index (κ3) is 3.31. The molecule has 0 radical (unpaired) electrons. The first-order chi connectivity index (χ1) is 11.2. The Morgan fingerprint density at radius 1 is 1.00 bits per heavy atom. The van der Waals surface area contributed by atoms with Crippen LogP contribution in [0.5, 0.6) is 11.5 Å². The highest BCUT2D eigenvalue weighted by Gasteiger charge is 2.13. The monoisotopic (exact) mass is 311 g/mol. The number of fused-ring (bicyclic) bond motifs is 1. The highest BCUT2D eigenvalue weighted by Crippen LogP contribution is 2.27. The van der Waals surface area contributed by atoms with Crippen molar-refractivity contribution in [3.63, 3.8) is 0 Å². The van der Waals surface area contributed by atoms with Crippen LogP contribution in [0.3, 0.4) is 0 Å². The Balaban J connectivity index is 1.67. The van der Waals surface area contributed by atoms with E-state index in [0.29, 0.717) is 23.6 Å². The van der Waals surface area contributed by atoms with Crippen molar-refractivity contribution in [3.8, 4) is 11.5 Å². The number of amides is 1. The molecular weight excluding hydrogens is 290 g/mol. The summed E-state index contributed by atoms with van der Waals surface area (Å²) in [5.41, 5.74) is 4.56. The van der Waals surface area contributed by atoms with E-state index in [4.69, 9.17) is 9.47 Å². The van der Waals surface area contributed by atoms with Crippen molar-refractivity contribution in [2.75, 3.05) is 14.2 Å². The minimum Gasteiger partial charge on any atom is -0.493 e. The number of carbonyl (C=O) groups is 1. The Bertz CT molecular complexity index is 725. The Kier molecular flexibility index (Phi) is 4.51. The summed E-state index contributed by atoms with van der Waals surface area (Å²) >= 11 is 0. The Morgan fingerprint density at radius 2 is 1.78 bits per heavy atom. The number of ether oxygens (including phenoxy) is 2. The summed E-state index contributed by atoms with van der Waals surface area (Å²) in [4.78, 5) is 12.3. The molecule has 0 spiro atoms. The largest absolute Gasteiger partial charge is 0.493 e. The van der Waals surface area contributed by atoms with Crippen LogP contribution >= 0.6 is 0 Å². The van der Waals surface area contributed by atoms with E-state index in [1.807, 2.05) is 0 Å². The van der Waals surface area contributed by atoms with Gasteiger partial charge < -0.3 is 14.8 Å². The Morgan fingerprint density at radius 3 is 2.57 bits per heavy atom.